The highest BCUT2D eigenvalue weighted by atomic mass is 35.5. The van der Waals surface area contributed by atoms with Crippen LogP contribution in [-0.4, -0.2) is 44.4 Å². The van der Waals surface area contributed by atoms with E-state index in [9.17, 15) is 9.59 Å². The summed E-state index contributed by atoms with van der Waals surface area (Å²) in [5.41, 5.74) is 1.45. The normalized spacial score (nSPS) is 11.5. The van der Waals surface area contributed by atoms with E-state index in [2.05, 4.69) is 26.0 Å². The highest BCUT2D eigenvalue weighted by molar-refractivity contribution is 6.30. The van der Waals surface area contributed by atoms with E-state index in [1.807, 2.05) is 12.1 Å². The number of carboxylic acids is 1. The number of benzene rings is 2. The number of tetrazole rings is 1. The van der Waals surface area contributed by atoms with Crippen molar-refractivity contribution < 1.29 is 19.4 Å². The zero-order valence-electron chi connectivity index (χ0n) is 15.9. The standard InChI is InChI=1S/C19H19ClN6O4/c1-30-15-8-2-12(3-9-15)10-16(18-23-25-26(24-18)11-17(27)28)22-19(29)21-14-6-4-13(20)5-7-14/h2-9,16H,10-11H2,1H3,(H,27,28)(H2,21,22,29). The van der Waals surface area contributed by atoms with E-state index in [0.29, 0.717) is 22.9 Å². The maximum absolute atomic E-state index is 12.5. The zero-order chi connectivity index (χ0) is 21.5. The molecule has 156 valence electrons. The Hall–Kier alpha value is -3.66. The van der Waals surface area contributed by atoms with Crippen LogP contribution in [0.5, 0.6) is 5.75 Å². The Kier molecular flexibility index (Phi) is 6.81. The average molecular weight is 431 g/mol. The number of carbonyl (C=O) groups is 2. The second-order valence-corrected chi connectivity index (χ2v) is 6.72. The van der Waals surface area contributed by atoms with Crippen molar-refractivity contribution in [2.45, 2.75) is 19.0 Å². The lowest BCUT2D eigenvalue weighted by Gasteiger charge is -2.16. The molecule has 2 amide bonds. The fourth-order valence-electron chi connectivity index (χ4n) is 2.65. The van der Waals surface area contributed by atoms with E-state index < -0.39 is 24.6 Å². The first-order chi connectivity index (χ1) is 14.4. The number of amides is 2. The third-order valence-electron chi connectivity index (χ3n) is 4.06. The van der Waals surface area contributed by atoms with Gasteiger partial charge in [-0.05, 0) is 47.2 Å². The molecule has 3 rings (SSSR count). The molecule has 0 aliphatic heterocycles. The van der Waals surface area contributed by atoms with Crippen LogP contribution in [0.15, 0.2) is 48.5 Å². The minimum Gasteiger partial charge on any atom is -0.497 e. The van der Waals surface area contributed by atoms with Gasteiger partial charge in [0.1, 0.15) is 5.75 Å². The summed E-state index contributed by atoms with van der Waals surface area (Å²) in [5.74, 6) is -0.202. The molecule has 2 aromatic carbocycles. The highest BCUT2D eigenvalue weighted by Crippen LogP contribution is 2.19. The molecular weight excluding hydrogens is 412 g/mol. The molecule has 30 heavy (non-hydrogen) atoms. The first kappa shape index (κ1) is 21.1. The number of ether oxygens (including phenoxy) is 1. The summed E-state index contributed by atoms with van der Waals surface area (Å²) in [6.45, 7) is -0.431. The van der Waals surface area contributed by atoms with Crippen molar-refractivity contribution in [3.63, 3.8) is 0 Å². The lowest BCUT2D eigenvalue weighted by atomic mass is 10.1. The second kappa shape index (κ2) is 9.70. The maximum Gasteiger partial charge on any atom is 0.327 e. The molecule has 1 heterocycles. The van der Waals surface area contributed by atoms with Crippen LogP contribution in [0.1, 0.15) is 17.4 Å². The fraction of sp³-hybridized carbons (Fsp3) is 0.211. The summed E-state index contributed by atoms with van der Waals surface area (Å²) in [7, 11) is 1.57. The molecule has 0 saturated carbocycles. The van der Waals surface area contributed by atoms with Crippen LogP contribution < -0.4 is 15.4 Å². The molecule has 0 spiro atoms. The molecule has 1 unspecified atom stereocenters. The number of hydrogen-bond donors (Lipinski definition) is 3. The van der Waals surface area contributed by atoms with Crippen molar-refractivity contribution in [3.05, 3.63) is 64.9 Å². The third kappa shape index (κ3) is 5.92. The Labute approximate surface area is 176 Å². The van der Waals surface area contributed by atoms with Crippen LogP contribution in [0.25, 0.3) is 0 Å². The van der Waals surface area contributed by atoms with Gasteiger partial charge in [-0.1, -0.05) is 23.7 Å². The number of methoxy groups -OCH3 is 1. The second-order valence-electron chi connectivity index (χ2n) is 6.28. The van der Waals surface area contributed by atoms with Gasteiger partial charge in [0.25, 0.3) is 0 Å². The lowest BCUT2D eigenvalue weighted by Crippen LogP contribution is -2.34. The molecule has 0 saturated heterocycles. The molecule has 10 nitrogen and oxygen atoms in total. The van der Waals surface area contributed by atoms with Gasteiger partial charge >= 0.3 is 12.0 Å². The number of rotatable bonds is 8. The smallest absolute Gasteiger partial charge is 0.327 e. The lowest BCUT2D eigenvalue weighted by molar-refractivity contribution is -0.138. The molecule has 1 atom stereocenters. The van der Waals surface area contributed by atoms with E-state index in [0.717, 1.165) is 10.4 Å². The van der Waals surface area contributed by atoms with Crippen LogP contribution in [0, 0.1) is 0 Å². The Bertz CT molecular complexity index is 1010. The Morgan fingerprint density at radius 1 is 1.17 bits per heavy atom. The van der Waals surface area contributed by atoms with Crippen molar-refractivity contribution >= 4 is 29.3 Å². The minimum absolute atomic E-state index is 0.193. The minimum atomic E-state index is -1.10. The van der Waals surface area contributed by atoms with E-state index >= 15 is 0 Å². The summed E-state index contributed by atoms with van der Waals surface area (Å²) < 4.78 is 5.16. The van der Waals surface area contributed by atoms with Gasteiger partial charge in [0.2, 0.25) is 0 Å². The topological polar surface area (TPSA) is 131 Å². The van der Waals surface area contributed by atoms with Crippen LogP contribution in [0.3, 0.4) is 0 Å². The first-order valence-electron chi connectivity index (χ1n) is 8.88. The van der Waals surface area contributed by atoms with Crippen LogP contribution >= 0.6 is 11.6 Å². The molecule has 0 radical (unpaired) electrons. The van der Waals surface area contributed by atoms with E-state index in [1.165, 1.54) is 0 Å². The van der Waals surface area contributed by atoms with E-state index in [-0.39, 0.29) is 5.82 Å². The van der Waals surface area contributed by atoms with Gasteiger partial charge in [-0.2, -0.15) is 4.80 Å². The van der Waals surface area contributed by atoms with Crippen molar-refractivity contribution in [2.24, 2.45) is 0 Å². The molecular formula is C19H19ClN6O4. The van der Waals surface area contributed by atoms with Crippen molar-refractivity contribution in [3.8, 4) is 5.75 Å². The molecule has 3 aromatic rings. The molecule has 0 bridgehead atoms. The SMILES string of the molecule is COc1ccc(CC(NC(=O)Nc2ccc(Cl)cc2)c2nnn(CC(=O)O)n2)cc1. The number of nitrogens with zero attached hydrogens (tertiary/aromatic N) is 4. The molecule has 0 aliphatic carbocycles. The number of hydrogen-bond acceptors (Lipinski definition) is 6. The van der Waals surface area contributed by atoms with Gasteiger partial charge in [0.05, 0.1) is 13.2 Å². The number of aliphatic carboxylic acids is 1. The molecule has 0 aliphatic rings. The van der Waals surface area contributed by atoms with Gasteiger partial charge in [-0.15, -0.1) is 10.2 Å². The summed E-state index contributed by atoms with van der Waals surface area (Å²) in [6.07, 6.45) is 0.358. The van der Waals surface area contributed by atoms with Gasteiger partial charge in [-0.25, -0.2) is 4.79 Å². The Morgan fingerprint density at radius 2 is 1.87 bits per heavy atom. The molecule has 3 N–H and O–H groups in total. The van der Waals surface area contributed by atoms with E-state index in [4.69, 9.17) is 21.4 Å². The number of aromatic nitrogens is 4. The largest absolute Gasteiger partial charge is 0.497 e. The maximum atomic E-state index is 12.5. The number of carbonyl (C=O) groups excluding carboxylic acids is 1. The van der Waals surface area contributed by atoms with Crippen molar-refractivity contribution in [1.82, 2.24) is 25.5 Å². The average Bonchev–Trinajstić information content (AvgIpc) is 3.17. The monoisotopic (exact) mass is 430 g/mol. The van der Waals surface area contributed by atoms with Gasteiger partial charge in [-0.3, -0.25) is 4.79 Å². The number of carboxylic acid groups (broad SMARTS) is 1. The Balaban J connectivity index is 1.76. The zero-order valence-corrected chi connectivity index (χ0v) is 16.7. The first-order valence-corrected chi connectivity index (χ1v) is 9.26. The summed E-state index contributed by atoms with van der Waals surface area (Å²) in [4.78, 5) is 24.3. The van der Waals surface area contributed by atoms with E-state index in [1.54, 1.807) is 43.5 Å². The van der Waals surface area contributed by atoms with Crippen LogP contribution in [0.4, 0.5) is 10.5 Å². The predicted octanol–water partition coefficient (Wildman–Crippen LogP) is 2.53. The predicted molar refractivity (Wildman–Crippen MR) is 108 cm³/mol. The van der Waals surface area contributed by atoms with Crippen LogP contribution in [-0.2, 0) is 17.8 Å². The Morgan fingerprint density at radius 3 is 2.50 bits per heavy atom. The summed E-state index contributed by atoms with van der Waals surface area (Å²) >= 11 is 5.86. The number of nitrogens with one attached hydrogen (secondary N) is 2. The number of anilines is 1. The molecule has 11 heteroatoms. The molecule has 0 fully saturated rings. The quantitative estimate of drug-likeness (QED) is 0.500. The van der Waals surface area contributed by atoms with Crippen molar-refractivity contribution in [1.29, 1.82) is 0 Å². The van der Waals surface area contributed by atoms with Crippen LogP contribution in [0.2, 0.25) is 5.02 Å². The number of urea groups is 1. The molecule has 1 aromatic heterocycles. The van der Waals surface area contributed by atoms with Gasteiger partial charge in [0, 0.05) is 17.1 Å². The number of halogens is 1. The summed E-state index contributed by atoms with van der Waals surface area (Å²) in [6, 6.07) is 12.8. The van der Waals surface area contributed by atoms with Crippen molar-refractivity contribution in [2.75, 3.05) is 12.4 Å². The van der Waals surface area contributed by atoms with Gasteiger partial charge < -0.3 is 20.5 Å². The summed E-state index contributed by atoms with van der Waals surface area (Å²) in [5, 5.41) is 26.7. The third-order valence-corrected chi connectivity index (χ3v) is 4.31. The fourth-order valence-corrected chi connectivity index (χ4v) is 2.77. The highest BCUT2D eigenvalue weighted by Gasteiger charge is 2.21. The van der Waals surface area contributed by atoms with Gasteiger partial charge in [0.15, 0.2) is 12.4 Å².